The summed E-state index contributed by atoms with van der Waals surface area (Å²) in [5.41, 5.74) is 1.16. The van der Waals surface area contributed by atoms with Crippen LogP contribution in [0.4, 0.5) is 0 Å². The van der Waals surface area contributed by atoms with Gasteiger partial charge in [-0.2, -0.15) is 13.9 Å². The Labute approximate surface area is 97.2 Å². The van der Waals surface area contributed by atoms with Gasteiger partial charge in [-0.3, -0.25) is 0 Å². The first kappa shape index (κ1) is 14.2. The van der Waals surface area contributed by atoms with Crippen LogP contribution >= 0.6 is 0 Å². The molecule has 0 spiro atoms. The lowest BCUT2D eigenvalue weighted by Gasteiger charge is -2.03. The Hall–Kier alpha value is -0.830. The molecule has 1 aromatic heterocycles. The molecule has 86 valence electrons. The van der Waals surface area contributed by atoms with Crippen molar-refractivity contribution in [2.24, 2.45) is 0 Å². The lowest BCUT2D eigenvalue weighted by atomic mass is 10.4. The van der Waals surface area contributed by atoms with Crippen molar-refractivity contribution >= 4 is 0 Å². The molecular formula is C11H19ClN2O. The van der Waals surface area contributed by atoms with E-state index in [4.69, 9.17) is 0 Å². The second kappa shape index (κ2) is 6.62. The molecule has 3 nitrogen and oxygen atoms in total. The Kier molecular flexibility index (Phi) is 6.25. The van der Waals surface area contributed by atoms with Crippen LogP contribution in [0, 0.1) is 6.92 Å². The van der Waals surface area contributed by atoms with Crippen molar-refractivity contribution in [3.8, 4) is 0 Å². The number of aromatic nitrogens is 2. The average molecular weight is 231 g/mol. The van der Waals surface area contributed by atoms with E-state index in [2.05, 4.69) is 13.8 Å². The fraction of sp³-hybridized carbons (Fsp3) is 0.636. The maximum Gasteiger partial charge on any atom is 0.498 e. The highest BCUT2D eigenvalue weighted by molar-refractivity contribution is 4.94. The Morgan fingerprint density at radius 1 is 1.33 bits per heavy atom. The minimum atomic E-state index is 0. The van der Waals surface area contributed by atoms with Crippen LogP contribution in [0.3, 0.4) is 0 Å². The summed E-state index contributed by atoms with van der Waals surface area (Å²) in [5, 5.41) is 0. The van der Waals surface area contributed by atoms with E-state index < -0.39 is 0 Å². The van der Waals surface area contributed by atoms with Gasteiger partial charge in [0, 0.05) is 6.07 Å². The third-order valence-corrected chi connectivity index (χ3v) is 2.31. The molecule has 1 rings (SSSR count). The second-order valence-electron chi connectivity index (χ2n) is 3.58. The Balaban J connectivity index is 0.00000196. The van der Waals surface area contributed by atoms with Crippen LogP contribution in [0.15, 0.2) is 17.1 Å². The molecule has 0 aliphatic heterocycles. The van der Waals surface area contributed by atoms with Gasteiger partial charge in [0.25, 0.3) is 0 Å². The van der Waals surface area contributed by atoms with E-state index >= 15 is 0 Å². The summed E-state index contributed by atoms with van der Waals surface area (Å²) in [6.07, 6.45) is 3.87. The second-order valence-corrected chi connectivity index (χ2v) is 3.58. The third kappa shape index (κ3) is 3.34. The minimum absolute atomic E-state index is 0. The highest BCUT2D eigenvalue weighted by Crippen LogP contribution is 1.92. The van der Waals surface area contributed by atoms with Crippen molar-refractivity contribution in [3.63, 3.8) is 0 Å². The molecule has 1 aromatic rings. The molecule has 0 atom stereocenters. The highest BCUT2D eigenvalue weighted by atomic mass is 35.5. The molecule has 0 aliphatic carbocycles. The first-order valence-corrected chi connectivity index (χ1v) is 5.30. The van der Waals surface area contributed by atoms with Gasteiger partial charge in [-0.25, -0.2) is 0 Å². The summed E-state index contributed by atoms with van der Waals surface area (Å²) in [4.78, 5) is 11.9. The quantitative estimate of drug-likeness (QED) is 0.565. The van der Waals surface area contributed by atoms with E-state index in [-0.39, 0.29) is 18.1 Å². The predicted molar refractivity (Wildman–Crippen MR) is 56.2 cm³/mol. The monoisotopic (exact) mass is 230 g/mol. The summed E-state index contributed by atoms with van der Waals surface area (Å²) < 4.78 is 3.62. The van der Waals surface area contributed by atoms with Gasteiger partial charge in [-0.1, -0.05) is 13.8 Å². The van der Waals surface area contributed by atoms with E-state index in [1.165, 1.54) is 0 Å². The van der Waals surface area contributed by atoms with Gasteiger partial charge in [0.2, 0.25) is 0 Å². The van der Waals surface area contributed by atoms with Gasteiger partial charge < -0.3 is 12.4 Å². The molecule has 0 aliphatic rings. The third-order valence-electron chi connectivity index (χ3n) is 2.31. The largest absolute Gasteiger partial charge is 1.00 e. The Morgan fingerprint density at radius 3 is 2.53 bits per heavy atom. The SMILES string of the molecule is CCCn1c(C)cc[n+](CCC)c1=O.[Cl-]. The number of nitrogens with zero attached hydrogens (tertiary/aromatic N) is 2. The number of rotatable bonds is 4. The van der Waals surface area contributed by atoms with Crippen LogP contribution in [-0.2, 0) is 13.1 Å². The fourth-order valence-corrected chi connectivity index (χ4v) is 1.56. The number of halogens is 1. The van der Waals surface area contributed by atoms with E-state index in [1.807, 2.05) is 23.8 Å². The molecular weight excluding hydrogens is 212 g/mol. The van der Waals surface area contributed by atoms with Crippen molar-refractivity contribution in [2.75, 3.05) is 0 Å². The fourth-order valence-electron chi connectivity index (χ4n) is 1.56. The zero-order valence-electron chi connectivity index (χ0n) is 9.66. The summed E-state index contributed by atoms with van der Waals surface area (Å²) >= 11 is 0. The predicted octanol–water partition coefficient (Wildman–Crippen LogP) is -1.73. The van der Waals surface area contributed by atoms with E-state index in [9.17, 15) is 4.79 Å². The molecule has 0 saturated heterocycles. The first-order valence-electron chi connectivity index (χ1n) is 5.30. The molecule has 0 aromatic carbocycles. The number of hydrogen-bond donors (Lipinski definition) is 0. The van der Waals surface area contributed by atoms with Gasteiger partial charge in [0.05, 0.1) is 19.3 Å². The normalized spacial score (nSPS) is 9.80. The minimum Gasteiger partial charge on any atom is -1.00 e. The molecule has 0 radical (unpaired) electrons. The average Bonchev–Trinajstić information content (AvgIpc) is 2.17. The smallest absolute Gasteiger partial charge is 0.498 e. The van der Waals surface area contributed by atoms with E-state index in [1.54, 1.807) is 4.57 Å². The zero-order valence-corrected chi connectivity index (χ0v) is 10.4. The van der Waals surface area contributed by atoms with Crippen LogP contribution in [0.5, 0.6) is 0 Å². The maximum absolute atomic E-state index is 11.9. The van der Waals surface area contributed by atoms with Crippen molar-refractivity contribution < 1.29 is 17.0 Å². The van der Waals surface area contributed by atoms with Crippen molar-refractivity contribution in [3.05, 3.63) is 28.4 Å². The van der Waals surface area contributed by atoms with Crippen LogP contribution in [0.1, 0.15) is 32.4 Å². The summed E-state index contributed by atoms with van der Waals surface area (Å²) in [6.45, 7) is 7.77. The van der Waals surface area contributed by atoms with Crippen LogP contribution < -0.4 is 22.7 Å². The molecule has 15 heavy (non-hydrogen) atoms. The van der Waals surface area contributed by atoms with Crippen molar-refractivity contribution in [2.45, 2.75) is 46.7 Å². The van der Waals surface area contributed by atoms with Gasteiger partial charge in [0.15, 0.2) is 0 Å². The summed E-state index contributed by atoms with van der Waals surface area (Å²) in [7, 11) is 0. The molecule has 0 N–H and O–H groups in total. The lowest BCUT2D eigenvalue weighted by molar-refractivity contribution is -0.715. The molecule has 0 fully saturated rings. The molecule has 0 amide bonds. The van der Waals surface area contributed by atoms with Crippen molar-refractivity contribution in [1.29, 1.82) is 0 Å². The molecule has 0 bridgehead atoms. The zero-order chi connectivity index (χ0) is 10.6. The van der Waals surface area contributed by atoms with Crippen LogP contribution in [0.2, 0.25) is 0 Å². The first-order chi connectivity index (χ1) is 6.70. The number of aryl methyl sites for hydroxylation is 2. The Morgan fingerprint density at radius 2 is 2.00 bits per heavy atom. The molecule has 1 heterocycles. The molecule has 0 saturated carbocycles. The molecule has 0 unspecified atom stereocenters. The van der Waals surface area contributed by atoms with Gasteiger partial charge >= 0.3 is 5.69 Å². The van der Waals surface area contributed by atoms with E-state index in [0.717, 1.165) is 31.6 Å². The topological polar surface area (TPSA) is 25.9 Å². The maximum atomic E-state index is 11.9. The standard InChI is InChI=1S/C11H19N2O.ClH/c1-4-7-12-9-6-10(3)13(8-5-2)11(12)14;/h6,9H,4-5,7-8H2,1-3H3;1H/q+1;/p-1. The Bertz CT molecular complexity index is 360. The van der Waals surface area contributed by atoms with Crippen molar-refractivity contribution in [1.82, 2.24) is 4.57 Å². The van der Waals surface area contributed by atoms with Crippen LogP contribution in [-0.4, -0.2) is 4.57 Å². The van der Waals surface area contributed by atoms with E-state index in [0.29, 0.717) is 0 Å². The van der Waals surface area contributed by atoms with Gasteiger partial charge in [-0.15, -0.1) is 0 Å². The number of hydrogen-bond acceptors (Lipinski definition) is 1. The van der Waals surface area contributed by atoms with Crippen LogP contribution in [0.25, 0.3) is 0 Å². The highest BCUT2D eigenvalue weighted by Gasteiger charge is 2.11. The molecule has 4 heteroatoms. The lowest BCUT2D eigenvalue weighted by Crippen LogP contribution is -3.00. The van der Waals surface area contributed by atoms with Gasteiger partial charge in [-0.05, 0) is 19.8 Å². The summed E-state index contributed by atoms with van der Waals surface area (Å²) in [5.74, 6) is 0. The summed E-state index contributed by atoms with van der Waals surface area (Å²) in [6, 6.07) is 2.01. The van der Waals surface area contributed by atoms with Gasteiger partial charge in [0.1, 0.15) is 5.69 Å².